The Morgan fingerprint density at radius 1 is 1.50 bits per heavy atom. The third-order valence-corrected chi connectivity index (χ3v) is 4.65. The number of rotatable bonds is 4. The SMILES string of the molecule is Cc1cccc(NC(=O)CSC2CCNC2)c1C. The first kappa shape index (κ1) is 13.4. The zero-order chi connectivity index (χ0) is 13.0. The highest BCUT2D eigenvalue weighted by atomic mass is 32.2. The van der Waals surface area contributed by atoms with Crippen LogP contribution in [0.3, 0.4) is 0 Å². The summed E-state index contributed by atoms with van der Waals surface area (Å²) in [6.45, 7) is 6.21. The van der Waals surface area contributed by atoms with Crippen LogP contribution in [0.1, 0.15) is 17.5 Å². The molecule has 1 amide bonds. The van der Waals surface area contributed by atoms with Crippen LogP contribution in [0, 0.1) is 13.8 Å². The molecule has 3 nitrogen and oxygen atoms in total. The maximum Gasteiger partial charge on any atom is 0.234 e. The summed E-state index contributed by atoms with van der Waals surface area (Å²) in [5.41, 5.74) is 3.30. The fourth-order valence-corrected chi connectivity index (χ4v) is 3.02. The second-order valence-corrected chi connectivity index (χ2v) is 6.01. The third-order valence-electron chi connectivity index (χ3n) is 3.34. The minimum atomic E-state index is 0.0978. The fourth-order valence-electron chi connectivity index (χ4n) is 2.04. The Bertz CT molecular complexity index is 428. The van der Waals surface area contributed by atoms with Crippen molar-refractivity contribution in [3.05, 3.63) is 29.3 Å². The molecule has 1 aliphatic heterocycles. The lowest BCUT2D eigenvalue weighted by Crippen LogP contribution is -2.18. The maximum absolute atomic E-state index is 11.9. The van der Waals surface area contributed by atoms with Gasteiger partial charge in [0, 0.05) is 17.5 Å². The molecule has 0 spiro atoms. The van der Waals surface area contributed by atoms with Crippen molar-refractivity contribution in [1.29, 1.82) is 0 Å². The number of benzene rings is 1. The van der Waals surface area contributed by atoms with Crippen LogP contribution in [-0.4, -0.2) is 30.0 Å². The van der Waals surface area contributed by atoms with Gasteiger partial charge in [0.25, 0.3) is 0 Å². The first-order valence-electron chi connectivity index (χ1n) is 6.35. The smallest absolute Gasteiger partial charge is 0.234 e. The molecule has 1 aromatic carbocycles. The number of amides is 1. The number of hydrogen-bond acceptors (Lipinski definition) is 3. The standard InChI is InChI=1S/C14H20N2OS/c1-10-4-3-5-13(11(10)2)16-14(17)9-18-12-6-7-15-8-12/h3-5,12,15H,6-9H2,1-2H3,(H,16,17). The summed E-state index contributed by atoms with van der Waals surface area (Å²) in [5.74, 6) is 0.639. The van der Waals surface area contributed by atoms with Gasteiger partial charge in [-0.05, 0) is 44.0 Å². The van der Waals surface area contributed by atoms with E-state index in [1.807, 2.05) is 19.1 Å². The Kier molecular flexibility index (Phi) is 4.66. The molecule has 2 N–H and O–H groups in total. The summed E-state index contributed by atoms with van der Waals surface area (Å²) in [7, 11) is 0. The van der Waals surface area contributed by atoms with Gasteiger partial charge in [-0.1, -0.05) is 12.1 Å². The van der Waals surface area contributed by atoms with Gasteiger partial charge in [-0.15, -0.1) is 11.8 Å². The van der Waals surface area contributed by atoms with Gasteiger partial charge in [-0.25, -0.2) is 0 Å². The molecule has 1 heterocycles. The summed E-state index contributed by atoms with van der Waals surface area (Å²) >= 11 is 1.75. The molecule has 1 atom stereocenters. The number of aryl methyl sites for hydroxylation is 1. The van der Waals surface area contributed by atoms with E-state index < -0.39 is 0 Å². The molecule has 0 radical (unpaired) electrons. The monoisotopic (exact) mass is 264 g/mol. The molecule has 1 unspecified atom stereocenters. The molecule has 0 aliphatic carbocycles. The summed E-state index contributed by atoms with van der Waals surface area (Å²) < 4.78 is 0. The van der Waals surface area contributed by atoms with Gasteiger partial charge < -0.3 is 10.6 Å². The van der Waals surface area contributed by atoms with E-state index in [-0.39, 0.29) is 5.91 Å². The zero-order valence-corrected chi connectivity index (χ0v) is 11.8. The molecule has 18 heavy (non-hydrogen) atoms. The summed E-state index contributed by atoms with van der Waals surface area (Å²) in [5, 5.41) is 6.90. The topological polar surface area (TPSA) is 41.1 Å². The Hall–Kier alpha value is -1.00. The van der Waals surface area contributed by atoms with Crippen molar-refractivity contribution >= 4 is 23.4 Å². The molecule has 1 aromatic rings. The molecule has 0 bridgehead atoms. The first-order valence-corrected chi connectivity index (χ1v) is 7.40. The Balaban J connectivity index is 1.84. The lowest BCUT2D eigenvalue weighted by atomic mass is 10.1. The first-order chi connectivity index (χ1) is 8.66. The van der Waals surface area contributed by atoms with Crippen LogP contribution in [0.25, 0.3) is 0 Å². The molecule has 1 saturated heterocycles. The second-order valence-electron chi connectivity index (χ2n) is 4.72. The van der Waals surface area contributed by atoms with Crippen LogP contribution in [0.15, 0.2) is 18.2 Å². The van der Waals surface area contributed by atoms with Crippen LogP contribution in [-0.2, 0) is 4.79 Å². The molecule has 4 heteroatoms. The van der Waals surface area contributed by atoms with Crippen molar-refractivity contribution in [2.24, 2.45) is 0 Å². The van der Waals surface area contributed by atoms with Crippen LogP contribution in [0.5, 0.6) is 0 Å². The molecule has 0 saturated carbocycles. The van der Waals surface area contributed by atoms with E-state index in [2.05, 4.69) is 23.6 Å². The van der Waals surface area contributed by atoms with Gasteiger partial charge in [0.1, 0.15) is 0 Å². The van der Waals surface area contributed by atoms with Crippen molar-refractivity contribution < 1.29 is 4.79 Å². The average Bonchev–Trinajstić information content (AvgIpc) is 2.86. The van der Waals surface area contributed by atoms with Gasteiger partial charge in [0.15, 0.2) is 0 Å². The highest BCUT2D eigenvalue weighted by molar-refractivity contribution is 8.00. The van der Waals surface area contributed by atoms with Gasteiger partial charge in [0.05, 0.1) is 5.75 Å². The van der Waals surface area contributed by atoms with Gasteiger partial charge >= 0.3 is 0 Å². The number of thioether (sulfide) groups is 1. The summed E-state index contributed by atoms with van der Waals surface area (Å²) in [4.78, 5) is 11.9. The molecule has 98 valence electrons. The molecule has 2 rings (SSSR count). The van der Waals surface area contributed by atoms with Crippen molar-refractivity contribution in [3.8, 4) is 0 Å². The summed E-state index contributed by atoms with van der Waals surface area (Å²) in [6, 6.07) is 6.00. The normalized spacial score (nSPS) is 18.9. The zero-order valence-electron chi connectivity index (χ0n) is 11.0. The van der Waals surface area contributed by atoms with Crippen molar-refractivity contribution in [1.82, 2.24) is 5.32 Å². The lowest BCUT2D eigenvalue weighted by Gasteiger charge is -2.11. The number of nitrogens with one attached hydrogen (secondary N) is 2. The Labute approximate surface area is 113 Å². The Morgan fingerprint density at radius 2 is 2.33 bits per heavy atom. The fraction of sp³-hybridized carbons (Fsp3) is 0.500. The van der Waals surface area contributed by atoms with E-state index in [0.29, 0.717) is 11.0 Å². The predicted molar refractivity (Wildman–Crippen MR) is 78.3 cm³/mol. The quantitative estimate of drug-likeness (QED) is 0.877. The van der Waals surface area contributed by atoms with Gasteiger partial charge in [0.2, 0.25) is 5.91 Å². The number of anilines is 1. The van der Waals surface area contributed by atoms with Crippen molar-refractivity contribution in [2.75, 3.05) is 24.2 Å². The highest BCUT2D eigenvalue weighted by Gasteiger charge is 2.16. The number of carbonyl (C=O) groups excluding carboxylic acids is 1. The maximum atomic E-state index is 11.9. The molecular formula is C14H20N2OS. The molecule has 1 aliphatic rings. The summed E-state index contributed by atoms with van der Waals surface area (Å²) in [6.07, 6.45) is 1.17. The van der Waals surface area contributed by atoms with Crippen LogP contribution in [0.4, 0.5) is 5.69 Å². The number of hydrogen-bond donors (Lipinski definition) is 2. The van der Waals surface area contributed by atoms with Crippen molar-refractivity contribution in [3.63, 3.8) is 0 Å². The van der Waals surface area contributed by atoms with E-state index in [1.165, 1.54) is 12.0 Å². The van der Waals surface area contributed by atoms with E-state index in [4.69, 9.17) is 0 Å². The van der Waals surface area contributed by atoms with Crippen molar-refractivity contribution in [2.45, 2.75) is 25.5 Å². The van der Waals surface area contributed by atoms with E-state index >= 15 is 0 Å². The van der Waals surface area contributed by atoms with Gasteiger partial charge in [-0.2, -0.15) is 0 Å². The largest absolute Gasteiger partial charge is 0.325 e. The van der Waals surface area contributed by atoms with Crippen LogP contribution < -0.4 is 10.6 Å². The molecule has 0 aromatic heterocycles. The average molecular weight is 264 g/mol. The van der Waals surface area contributed by atoms with Crippen LogP contribution >= 0.6 is 11.8 Å². The number of carbonyl (C=O) groups is 1. The van der Waals surface area contributed by atoms with E-state index in [1.54, 1.807) is 11.8 Å². The molecular weight excluding hydrogens is 244 g/mol. The lowest BCUT2D eigenvalue weighted by molar-refractivity contribution is -0.113. The van der Waals surface area contributed by atoms with Crippen LogP contribution in [0.2, 0.25) is 0 Å². The minimum Gasteiger partial charge on any atom is -0.325 e. The van der Waals surface area contributed by atoms with E-state index in [0.717, 1.165) is 24.3 Å². The Morgan fingerprint density at radius 3 is 3.06 bits per heavy atom. The highest BCUT2D eigenvalue weighted by Crippen LogP contribution is 2.20. The van der Waals surface area contributed by atoms with Gasteiger partial charge in [-0.3, -0.25) is 4.79 Å². The predicted octanol–water partition coefficient (Wildman–Crippen LogP) is 2.34. The second kappa shape index (κ2) is 6.25. The van der Waals surface area contributed by atoms with E-state index in [9.17, 15) is 4.79 Å². The molecule has 1 fully saturated rings. The third kappa shape index (κ3) is 3.50. The minimum absolute atomic E-state index is 0.0978.